The van der Waals surface area contributed by atoms with Gasteiger partial charge in [0.1, 0.15) is 10.5 Å². The molecular formula is C23H23N5OS. The summed E-state index contributed by atoms with van der Waals surface area (Å²) in [4.78, 5) is 24.6. The van der Waals surface area contributed by atoms with Crippen molar-refractivity contribution in [2.75, 3.05) is 18.0 Å². The number of piperidine rings is 1. The maximum Gasteiger partial charge on any atom is 0.263 e. The minimum atomic E-state index is -0.0660. The Morgan fingerprint density at radius 1 is 1.10 bits per heavy atom. The van der Waals surface area contributed by atoms with Gasteiger partial charge in [-0.25, -0.2) is 9.97 Å². The van der Waals surface area contributed by atoms with Crippen LogP contribution in [0.4, 0.5) is 5.69 Å². The molecule has 0 spiro atoms. The number of anilines is 1. The van der Waals surface area contributed by atoms with Crippen molar-refractivity contribution >= 4 is 28.6 Å². The number of hydrogen-bond acceptors (Lipinski definition) is 5. The van der Waals surface area contributed by atoms with Gasteiger partial charge in [0, 0.05) is 49.8 Å². The number of hydrogen-bond donors (Lipinski definition) is 1. The van der Waals surface area contributed by atoms with Crippen LogP contribution in [0.15, 0.2) is 67.3 Å². The summed E-state index contributed by atoms with van der Waals surface area (Å²) in [6.45, 7) is 2.52. The number of aromatic nitrogens is 3. The molecule has 6 nitrogen and oxygen atoms in total. The number of imidazole rings is 1. The van der Waals surface area contributed by atoms with Crippen molar-refractivity contribution in [3.8, 4) is 0 Å². The first-order valence-corrected chi connectivity index (χ1v) is 11.0. The van der Waals surface area contributed by atoms with Gasteiger partial charge >= 0.3 is 0 Å². The summed E-state index contributed by atoms with van der Waals surface area (Å²) in [6.07, 6.45) is 9.47. The molecule has 5 rings (SSSR count). The zero-order valence-corrected chi connectivity index (χ0v) is 17.4. The monoisotopic (exact) mass is 417 g/mol. The Labute approximate surface area is 179 Å². The van der Waals surface area contributed by atoms with Crippen LogP contribution in [0.3, 0.4) is 0 Å². The maximum absolute atomic E-state index is 12.6. The molecular weight excluding hydrogens is 394 g/mol. The Hall–Kier alpha value is -3.19. The van der Waals surface area contributed by atoms with Crippen LogP contribution < -0.4 is 10.2 Å². The molecule has 0 bridgehead atoms. The van der Waals surface area contributed by atoms with Gasteiger partial charge in [0.05, 0.1) is 11.2 Å². The van der Waals surface area contributed by atoms with Crippen LogP contribution in [0.2, 0.25) is 0 Å². The lowest BCUT2D eigenvalue weighted by molar-refractivity contribution is 0.0954. The van der Waals surface area contributed by atoms with Gasteiger partial charge in [0.25, 0.3) is 5.91 Å². The number of nitrogens with zero attached hydrogens (tertiary/aromatic N) is 4. The maximum atomic E-state index is 12.6. The number of pyridine rings is 1. The Kier molecular flexibility index (Phi) is 5.19. The predicted octanol–water partition coefficient (Wildman–Crippen LogP) is 4.10. The van der Waals surface area contributed by atoms with Gasteiger partial charge in [-0.3, -0.25) is 4.79 Å². The van der Waals surface area contributed by atoms with Crippen LogP contribution >= 0.6 is 11.3 Å². The number of carbonyl (C=O) groups is 1. The molecule has 1 amide bonds. The fraction of sp³-hybridized carbons (Fsp3) is 0.261. The second kappa shape index (κ2) is 8.28. The van der Waals surface area contributed by atoms with E-state index < -0.39 is 0 Å². The molecule has 152 valence electrons. The van der Waals surface area contributed by atoms with Gasteiger partial charge in [-0.05, 0) is 42.7 Å². The number of para-hydroxylation sites is 1. The predicted molar refractivity (Wildman–Crippen MR) is 119 cm³/mol. The van der Waals surface area contributed by atoms with E-state index in [9.17, 15) is 4.79 Å². The molecule has 30 heavy (non-hydrogen) atoms. The molecule has 1 aromatic carbocycles. The highest BCUT2D eigenvalue weighted by atomic mass is 32.1. The standard InChI is InChI=1S/C23H23N5OS/c29-22(25-15-17-6-10-28-13-9-24-21(28)14-17)20-16-26-23(30-20)18-7-11-27(12-8-18)19-4-2-1-3-5-19/h1-6,9-10,13-14,16,18H,7-8,11-12,15H2,(H,25,29). The molecule has 1 aliphatic rings. The minimum Gasteiger partial charge on any atom is -0.371 e. The average Bonchev–Trinajstić information content (AvgIpc) is 3.48. The van der Waals surface area contributed by atoms with Gasteiger partial charge in [-0.1, -0.05) is 18.2 Å². The lowest BCUT2D eigenvalue weighted by atomic mass is 9.97. The number of nitrogens with one attached hydrogen (secondary N) is 1. The van der Waals surface area contributed by atoms with Crippen molar-refractivity contribution < 1.29 is 4.79 Å². The summed E-state index contributed by atoms with van der Waals surface area (Å²) >= 11 is 1.53. The lowest BCUT2D eigenvalue weighted by Crippen LogP contribution is -2.32. The molecule has 4 heterocycles. The highest BCUT2D eigenvalue weighted by molar-refractivity contribution is 7.13. The third kappa shape index (κ3) is 3.93. The van der Waals surface area contributed by atoms with Gasteiger partial charge in [-0.15, -0.1) is 11.3 Å². The topological polar surface area (TPSA) is 62.5 Å². The summed E-state index contributed by atoms with van der Waals surface area (Å²) in [5.41, 5.74) is 3.19. The van der Waals surface area contributed by atoms with E-state index in [1.54, 1.807) is 12.4 Å². The summed E-state index contributed by atoms with van der Waals surface area (Å²) in [6, 6.07) is 14.5. The summed E-state index contributed by atoms with van der Waals surface area (Å²) in [5, 5.41) is 4.08. The Morgan fingerprint density at radius 2 is 1.93 bits per heavy atom. The summed E-state index contributed by atoms with van der Waals surface area (Å²) in [7, 11) is 0. The number of fused-ring (bicyclic) bond motifs is 1. The molecule has 7 heteroatoms. The van der Waals surface area contributed by atoms with Crippen molar-refractivity contribution in [3.05, 3.63) is 82.7 Å². The van der Waals surface area contributed by atoms with E-state index in [1.165, 1.54) is 17.0 Å². The normalized spacial score (nSPS) is 14.9. The first kappa shape index (κ1) is 18.8. The van der Waals surface area contributed by atoms with Gasteiger partial charge in [-0.2, -0.15) is 0 Å². The molecule has 0 atom stereocenters. The van der Waals surface area contributed by atoms with E-state index >= 15 is 0 Å². The third-order valence-electron chi connectivity index (χ3n) is 5.63. The summed E-state index contributed by atoms with van der Waals surface area (Å²) < 4.78 is 1.95. The van der Waals surface area contributed by atoms with E-state index in [0.717, 1.165) is 42.1 Å². The minimum absolute atomic E-state index is 0.0660. The fourth-order valence-corrected chi connectivity index (χ4v) is 4.94. The number of amides is 1. The zero-order valence-electron chi connectivity index (χ0n) is 16.6. The van der Waals surface area contributed by atoms with E-state index in [1.807, 2.05) is 35.0 Å². The van der Waals surface area contributed by atoms with Crippen LogP contribution in [-0.2, 0) is 6.54 Å². The summed E-state index contributed by atoms with van der Waals surface area (Å²) in [5.74, 6) is 0.364. The van der Waals surface area contributed by atoms with Crippen molar-refractivity contribution in [2.45, 2.75) is 25.3 Å². The first-order valence-electron chi connectivity index (χ1n) is 10.2. The molecule has 0 unspecified atom stereocenters. The van der Waals surface area contributed by atoms with Crippen LogP contribution in [0.5, 0.6) is 0 Å². The highest BCUT2D eigenvalue weighted by Crippen LogP contribution is 2.32. The molecule has 4 aromatic rings. The zero-order chi connectivity index (χ0) is 20.3. The molecule has 0 radical (unpaired) electrons. The molecule has 0 aliphatic carbocycles. The highest BCUT2D eigenvalue weighted by Gasteiger charge is 2.24. The van der Waals surface area contributed by atoms with Crippen LogP contribution in [0, 0.1) is 0 Å². The van der Waals surface area contributed by atoms with Crippen molar-refractivity contribution in [1.82, 2.24) is 19.7 Å². The molecule has 1 aliphatic heterocycles. The van der Waals surface area contributed by atoms with Crippen LogP contribution in [0.25, 0.3) is 5.65 Å². The smallest absolute Gasteiger partial charge is 0.263 e. The third-order valence-corrected chi connectivity index (χ3v) is 6.79. The van der Waals surface area contributed by atoms with Crippen molar-refractivity contribution in [3.63, 3.8) is 0 Å². The molecule has 0 saturated carbocycles. The van der Waals surface area contributed by atoms with E-state index in [4.69, 9.17) is 0 Å². The number of rotatable bonds is 5. The number of thiazole rings is 1. The quantitative estimate of drug-likeness (QED) is 0.531. The van der Waals surface area contributed by atoms with Crippen molar-refractivity contribution in [2.24, 2.45) is 0 Å². The second-order valence-electron chi connectivity index (χ2n) is 7.57. The van der Waals surface area contributed by atoms with Gasteiger partial charge < -0.3 is 14.6 Å². The first-order chi connectivity index (χ1) is 14.8. The van der Waals surface area contributed by atoms with Crippen LogP contribution in [-0.4, -0.2) is 33.4 Å². The Morgan fingerprint density at radius 3 is 2.77 bits per heavy atom. The SMILES string of the molecule is O=C(NCc1ccn2ccnc2c1)c1cnc(C2CCN(c3ccccc3)CC2)s1. The molecule has 3 aromatic heterocycles. The largest absolute Gasteiger partial charge is 0.371 e. The second-order valence-corrected chi connectivity index (χ2v) is 8.63. The van der Waals surface area contributed by atoms with E-state index in [0.29, 0.717) is 17.3 Å². The lowest BCUT2D eigenvalue weighted by Gasteiger charge is -2.32. The molecule has 1 N–H and O–H groups in total. The van der Waals surface area contributed by atoms with Gasteiger partial charge in [0.15, 0.2) is 0 Å². The van der Waals surface area contributed by atoms with E-state index in [-0.39, 0.29) is 5.91 Å². The Bertz CT molecular complexity index is 1140. The number of benzene rings is 1. The fourth-order valence-electron chi connectivity index (χ4n) is 3.94. The molecule has 1 fully saturated rings. The Balaban J connectivity index is 1.17. The van der Waals surface area contributed by atoms with Gasteiger partial charge in [0.2, 0.25) is 0 Å². The van der Waals surface area contributed by atoms with Crippen LogP contribution in [0.1, 0.15) is 39.0 Å². The number of carbonyl (C=O) groups excluding carboxylic acids is 1. The van der Waals surface area contributed by atoms with Crippen molar-refractivity contribution in [1.29, 1.82) is 0 Å². The average molecular weight is 418 g/mol. The molecule has 1 saturated heterocycles. The van der Waals surface area contributed by atoms with E-state index in [2.05, 4.69) is 44.5 Å².